The first-order chi connectivity index (χ1) is 12.2. The van der Waals surface area contributed by atoms with Crippen LogP contribution in [0.2, 0.25) is 0 Å². The molecule has 3 heterocycles. The van der Waals surface area contributed by atoms with Crippen molar-refractivity contribution >= 4 is 5.91 Å². The molecule has 7 nitrogen and oxygen atoms in total. The van der Waals surface area contributed by atoms with E-state index in [-0.39, 0.29) is 11.9 Å². The van der Waals surface area contributed by atoms with Crippen molar-refractivity contribution in [2.75, 3.05) is 33.4 Å². The largest absolute Gasteiger partial charge is 0.383 e. The molecule has 25 heavy (non-hydrogen) atoms. The maximum absolute atomic E-state index is 12.8. The Hall–Kier alpha value is -1.47. The van der Waals surface area contributed by atoms with Gasteiger partial charge in [-0.3, -0.25) is 9.69 Å². The van der Waals surface area contributed by atoms with Crippen LogP contribution in [0.25, 0.3) is 0 Å². The summed E-state index contributed by atoms with van der Waals surface area (Å²) >= 11 is 0. The minimum absolute atomic E-state index is 0.0691. The predicted molar refractivity (Wildman–Crippen MR) is 95.5 cm³/mol. The van der Waals surface area contributed by atoms with Crippen LogP contribution >= 0.6 is 0 Å². The predicted octanol–water partition coefficient (Wildman–Crippen LogP) is 1.48. The Labute approximate surface area is 150 Å². The lowest BCUT2D eigenvalue weighted by Gasteiger charge is -2.19. The minimum Gasteiger partial charge on any atom is -0.383 e. The van der Waals surface area contributed by atoms with E-state index in [0.29, 0.717) is 11.7 Å². The number of nitrogens with one attached hydrogen (secondary N) is 1. The van der Waals surface area contributed by atoms with Gasteiger partial charge in [-0.15, -0.1) is 10.2 Å². The van der Waals surface area contributed by atoms with Crippen LogP contribution in [-0.4, -0.2) is 65.0 Å². The molecule has 1 saturated heterocycles. The van der Waals surface area contributed by atoms with Crippen LogP contribution in [-0.2, 0) is 17.7 Å². The van der Waals surface area contributed by atoms with Crippen LogP contribution in [0.1, 0.15) is 55.5 Å². The van der Waals surface area contributed by atoms with Gasteiger partial charge in [0.25, 0.3) is 5.91 Å². The molecule has 140 valence electrons. The number of hydrogen-bond donors (Lipinski definition) is 1. The molecule has 0 bridgehead atoms. The van der Waals surface area contributed by atoms with Gasteiger partial charge in [-0.2, -0.15) is 0 Å². The molecule has 2 aliphatic heterocycles. The third kappa shape index (κ3) is 4.39. The van der Waals surface area contributed by atoms with Crippen LogP contribution in [0, 0.1) is 5.92 Å². The molecule has 7 heteroatoms. The lowest BCUT2D eigenvalue weighted by molar-refractivity contribution is 0.0912. The molecule has 1 amide bonds. The standard InChI is InChI=1S/C18H31N5O2/c1-3-7-14-12-22(10-11-25-2)13-15(14)19-18(24)17-21-20-16-8-5-4-6-9-23(16)17/h14-15H,3-13H2,1-2H3,(H,19,24)/t14-,15-/m0/s1. The van der Waals surface area contributed by atoms with Crippen molar-refractivity contribution in [3.05, 3.63) is 11.6 Å². The van der Waals surface area contributed by atoms with Gasteiger partial charge >= 0.3 is 0 Å². The molecular formula is C18H31N5O2. The fraction of sp³-hybridized carbons (Fsp3) is 0.833. The van der Waals surface area contributed by atoms with Gasteiger partial charge in [-0.05, 0) is 25.2 Å². The second kappa shape index (κ2) is 8.76. The first-order valence-electron chi connectivity index (χ1n) is 9.67. The molecule has 2 aliphatic rings. The molecule has 0 aliphatic carbocycles. The number of ether oxygens (including phenoxy) is 1. The summed E-state index contributed by atoms with van der Waals surface area (Å²) in [5, 5.41) is 11.7. The Morgan fingerprint density at radius 3 is 2.96 bits per heavy atom. The van der Waals surface area contributed by atoms with Crippen LogP contribution in [0.3, 0.4) is 0 Å². The summed E-state index contributed by atoms with van der Waals surface area (Å²) in [4.78, 5) is 15.2. The van der Waals surface area contributed by atoms with Gasteiger partial charge in [0.2, 0.25) is 5.82 Å². The molecule has 1 aromatic heterocycles. The van der Waals surface area contributed by atoms with Crippen molar-refractivity contribution in [2.24, 2.45) is 5.92 Å². The van der Waals surface area contributed by atoms with E-state index in [0.717, 1.165) is 70.7 Å². The first-order valence-corrected chi connectivity index (χ1v) is 9.67. The Morgan fingerprint density at radius 1 is 1.28 bits per heavy atom. The molecule has 3 rings (SSSR count). The molecule has 1 N–H and O–H groups in total. The van der Waals surface area contributed by atoms with E-state index in [1.807, 2.05) is 4.57 Å². The highest BCUT2D eigenvalue weighted by atomic mass is 16.5. The SMILES string of the molecule is CCC[C@H]1CN(CCOC)C[C@@H]1NC(=O)c1nnc2n1CCCCC2. The number of nitrogens with zero attached hydrogens (tertiary/aromatic N) is 4. The van der Waals surface area contributed by atoms with E-state index in [2.05, 4.69) is 27.3 Å². The molecule has 0 radical (unpaired) electrons. The number of likely N-dealkylation sites (tertiary alicyclic amines) is 1. The fourth-order valence-corrected chi connectivity index (χ4v) is 4.08. The summed E-state index contributed by atoms with van der Waals surface area (Å²) in [7, 11) is 1.73. The van der Waals surface area contributed by atoms with Crippen molar-refractivity contribution in [1.29, 1.82) is 0 Å². The highest BCUT2D eigenvalue weighted by molar-refractivity contribution is 5.91. The molecular weight excluding hydrogens is 318 g/mol. The first kappa shape index (κ1) is 18.3. The zero-order valence-corrected chi connectivity index (χ0v) is 15.5. The lowest BCUT2D eigenvalue weighted by Crippen LogP contribution is -2.41. The summed E-state index contributed by atoms with van der Waals surface area (Å²) in [5.41, 5.74) is 0. The van der Waals surface area contributed by atoms with E-state index in [1.54, 1.807) is 7.11 Å². The molecule has 1 aromatic rings. The van der Waals surface area contributed by atoms with Gasteiger partial charge in [-0.25, -0.2) is 0 Å². The Balaban J connectivity index is 1.65. The third-order valence-corrected chi connectivity index (χ3v) is 5.42. The van der Waals surface area contributed by atoms with Crippen molar-refractivity contribution in [2.45, 2.75) is 58.0 Å². The number of hydrogen-bond acceptors (Lipinski definition) is 5. The number of carbonyl (C=O) groups is 1. The molecule has 0 aromatic carbocycles. The Bertz CT molecular complexity index is 574. The normalized spacial score (nSPS) is 24.1. The van der Waals surface area contributed by atoms with Gasteiger partial charge in [0, 0.05) is 45.8 Å². The average molecular weight is 349 g/mol. The van der Waals surface area contributed by atoms with Crippen molar-refractivity contribution in [3.63, 3.8) is 0 Å². The van der Waals surface area contributed by atoms with Crippen molar-refractivity contribution < 1.29 is 9.53 Å². The highest BCUT2D eigenvalue weighted by Gasteiger charge is 2.34. The molecule has 2 atom stereocenters. The molecule has 1 fully saturated rings. The van der Waals surface area contributed by atoms with E-state index in [9.17, 15) is 4.79 Å². The quantitative estimate of drug-likeness (QED) is 0.807. The molecule has 0 unspecified atom stereocenters. The summed E-state index contributed by atoms with van der Waals surface area (Å²) in [6.07, 6.45) is 6.61. The number of methoxy groups -OCH3 is 1. The van der Waals surface area contributed by atoms with Gasteiger partial charge in [0.05, 0.1) is 6.61 Å². The number of carbonyl (C=O) groups excluding carboxylic acids is 1. The van der Waals surface area contributed by atoms with Gasteiger partial charge < -0.3 is 14.6 Å². The zero-order chi connectivity index (χ0) is 17.6. The van der Waals surface area contributed by atoms with Gasteiger partial charge in [0.1, 0.15) is 5.82 Å². The molecule has 0 saturated carbocycles. The van der Waals surface area contributed by atoms with Crippen LogP contribution in [0.5, 0.6) is 0 Å². The fourth-order valence-electron chi connectivity index (χ4n) is 4.08. The summed E-state index contributed by atoms with van der Waals surface area (Å²) < 4.78 is 7.22. The van der Waals surface area contributed by atoms with Crippen LogP contribution < -0.4 is 5.32 Å². The number of aromatic nitrogens is 3. The number of aryl methyl sites for hydroxylation is 1. The third-order valence-electron chi connectivity index (χ3n) is 5.42. The summed E-state index contributed by atoms with van der Waals surface area (Å²) in [6, 6.07) is 0.183. The number of rotatable bonds is 7. The topological polar surface area (TPSA) is 72.3 Å². The van der Waals surface area contributed by atoms with E-state index < -0.39 is 0 Å². The van der Waals surface area contributed by atoms with E-state index in [1.165, 1.54) is 6.42 Å². The van der Waals surface area contributed by atoms with Crippen LogP contribution in [0.15, 0.2) is 0 Å². The highest BCUT2D eigenvalue weighted by Crippen LogP contribution is 2.22. The van der Waals surface area contributed by atoms with E-state index >= 15 is 0 Å². The summed E-state index contributed by atoms with van der Waals surface area (Å²) in [5.74, 6) is 1.88. The monoisotopic (exact) mass is 349 g/mol. The lowest BCUT2D eigenvalue weighted by atomic mass is 9.98. The second-order valence-electron chi connectivity index (χ2n) is 7.28. The molecule has 0 spiro atoms. The second-order valence-corrected chi connectivity index (χ2v) is 7.28. The number of fused-ring (bicyclic) bond motifs is 1. The Morgan fingerprint density at radius 2 is 2.16 bits per heavy atom. The van der Waals surface area contributed by atoms with Crippen molar-refractivity contribution in [3.8, 4) is 0 Å². The van der Waals surface area contributed by atoms with Gasteiger partial charge in [-0.1, -0.05) is 19.8 Å². The number of amides is 1. The smallest absolute Gasteiger partial charge is 0.289 e. The minimum atomic E-state index is -0.0691. The van der Waals surface area contributed by atoms with Crippen LogP contribution in [0.4, 0.5) is 0 Å². The maximum atomic E-state index is 12.8. The van der Waals surface area contributed by atoms with Gasteiger partial charge in [0.15, 0.2) is 0 Å². The maximum Gasteiger partial charge on any atom is 0.289 e. The summed E-state index contributed by atoms with van der Waals surface area (Å²) in [6.45, 7) is 6.63. The van der Waals surface area contributed by atoms with Crippen molar-refractivity contribution in [1.82, 2.24) is 25.0 Å². The zero-order valence-electron chi connectivity index (χ0n) is 15.5. The van der Waals surface area contributed by atoms with E-state index in [4.69, 9.17) is 4.74 Å². The average Bonchev–Trinajstić information content (AvgIpc) is 3.10. The Kier molecular flexibility index (Phi) is 6.42.